The highest BCUT2D eigenvalue weighted by atomic mass is 32.1. The number of methoxy groups -OCH3 is 4. The second-order valence-electron chi connectivity index (χ2n) is 6.16. The molecule has 0 amide bonds. The van der Waals surface area contributed by atoms with Crippen molar-refractivity contribution in [2.45, 2.75) is 0 Å². The van der Waals surface area contributed by atoms with Gasteiger partial charge in [-0.1, -0.05) is 30.3 Å². The minimum absolute atomic E-state index is 0.542. The molecule has 3 rings (SSSR count). The van der Waals surface area contributed by atoms with Crippen molar-refractivity contribution in [2.75, 3.05) is 41.6 Å². The molecule has 158 valence electrons. The fourth-order valence-electron chi connectivity index (χ4n) is 2.86. The van der Waals surface area contributed by atoms with Crippen LogP contribution in [0.5, 0.6) is 17.2 Å². The summed E-state index contributed by atoms with van der Waals surface area (Å²) in [5, 5.41) is 6.76. The van der Waals surface area contributed by atoms with Gasteiger partial charge in [0.25, 0.3) is 0 Å². The van der Waals surface area contributed by atoms with Gasteiger partial charge in [-0.25, -0.2) is 4.68 Å². The van der Waals surface area contributed by atoms with Gasteiger partial charge in [0.1, 0.15) is 0 Å². The molecular weight excluding hydrogens is 402 g/mol. The molecule has 8 heteroatoms. The topological polar surface area (TPSA) is 66.6 Å². The van der Waals surface area contributed by atoms with Crippen LogP contribution in [-0.4, -0.2) is 52.5 Å². The lowest BCUT2D eigenvalue weighted by Crippen LogP contribution is -2.13. The molecule has 3 aromatic rings. The molecule has 0 radical (unpaired) electrons. The van der Waals surface area contributed by atoms with E-state index in [0.717, 1.165) is 21.6 Å². The zero-order chi connectivity index (χ0) is 21.3. The maximum Gasteiger partial charge on any atom is 0.206 e. The van der Waals surface area contributed by atoms with Crippen molar-refractivity contribution in [1.82, 2.24) is 4.68 Å². The highest BCUT2D eigenvalue weighted by Crippen LogP contribution is 2.37. The first kappa shape index (κ1) is 21.6. The Bertz CT molecular complexity index is 1030. The van der Waals surface area contributed by atoms with Crippen molar-refractivity contribution >= 4 is 17.6 Å². The Morgan fingerprint density at radius 3 is 2.27 bits per heavy atom. The van der Waals surface area contributed by atoms with Crippen molar-refractivity contribution in [2.24, 2.45) is 10.1 Å². The summed E-state index contributed by atoms with van der Waals surface area (Å²) >= 11 is 1.54. The predicted molar refractivity (Wildman–Crippen MR) is 119 cm³/mol. The van der Waals surface area contributed by atoms with Gasteiger partial charge in [0.15, 0.2) is 11.5 Å². The van der Waals surface area contributed by atoms with E-state index in [1.54, 1.807) is 34.7 Å². The summed E-state index contributed by atoms with van der Waals surface area (Å²) in [7, 11) is 6.42. The lowest BCUT2D eigenvalue weighted by Gasteiger charge is -2.12. The molecule has 2 aromatic carbocycles. The Kier molecular flexibility index (Phi) is 7.64. The lowest BCUT2D eigenvalue weighted by atomic mass is 10.2. The Morgan fingerprint density at radius 1 is 0.967 bits per heavy atom. The zero-order valence-corrected chi connectivity index (χ0v) is 18.3. The summed E-state index contributed by atoms with van der Waals surface area (Å²) in [6, 6.07) is 13.8. The number of ether oxygens (including phenoxy) is 4. The maximum atomic E-state index is 5.43. The highest BCUT2D eigenvalue weighted by Gasteiger charge is 2.13. The number of nitrogens with zero attached hydrogens (tertiary/aromatic N) is 3. The predicted octanol–water partition coefficient (Wildman–Crippen LogP) is 3.67. The maximum absolute atomic E-state index is 5.43. The van der Waals surface area contributed by atoms with Gasteiger partial charge in [-0.3, -0.25) is 4.99 Å². The van der Waals surface area contributed by atoms with Crippen molar-refractivity contribution in [3.05, 3.63) is 58.2 Å². The molecule has 0 saturated carbocycles. The molecule has 7 nitrogen and oxygen atoms in total. The van der Waals surface area contributed by atoms with Crippen LogP contribution in [0.15, 0.2) is 57.9 Å². The van der Waals surface area contributed by atoms with E-state index >= 15 is 0 Å². The fourth-order valence-corrected chi connectivity index (χ4v) is 3.72. The van der Waals surface area contributed by atoms with Crippen molar-refractivity contribution in [3.8, 4) is 28.5 Å². The number of benzene rings is 2. The van der Waals surface area contributed by atoms with Gasteiger partial charge in [0.05, 0.1) is 46.4 Å². The van der Waals surface area contributed by atoms with Crippen LogP contribution >= 0.6 is 11.3 Å². The van der Waals surface area contributed by atoms with Gasteiger partial charge >= 0.3 is 0 Å². The van der Waals surface area contributed by atoms with Gasteiger partial charge in [0.2, 0.25) is 10.6 Å². The summed E-state index contributed by atoms with van der Waals surface area (Å²) in [6.45, 7) is 1.11. The summed E-state index contributed by atoms with van der Waals surface area (Å²) in [4.78, 5) is 5.41. The second-order valence-corrected chi connectivity index (χ2v) is 7.00. The molecular formula is C22H25N3O4S. The first-order valence-electron chi connectivity index (χ1n) is 9.31. The summed E-state index contributed by atoms with van der Waals surface area (Å²) in [6.07, 6.45) is 1.75. The van der Waals surface area contributed by atoms with Crippen molar-refractivity contribution in [1.29, 1.82) is 0 Å². The number of aromatic nitrogens is 1. The average Bonchev–Trinajstić information content (AvgIpc) is 3.20. The molecule has 0 N–H and O–H groups in total. The van der Waals surface area contributed by atoms with E-state index in [1.807, 2.05) is 52.5 Å². The number of hydrogen-bond donors (Lipinski definition) is 0. The minimum Gasteiger partial charge on any atom is -0.493 e. The van der Waals surface area contributed by atoms with E-state index < -0.39 is 0 Å². The van der Waals surface area contributed by atoms with E-state index in [0.29, 0.717) is 30.4 Å². The van der Waals surface area contributed by atoms with Crippen LogP contribution in [0.3, 0.4) is 0 Å². The molecule has 0 aliphatic heterocycles. The quantitative estimate of drug-likeness (QED) is 0.386. The second kappa shape index (κ2) is 10.6. The molecule has 0 bridgehead atoms. The Labute approximate surface area is 179 Å². The third kappa shape index (κ3) is 4.90. The molecule has 0 aliphatic carbocycles. The highest BCUT2D eigenvalue weighted by molar-refractivity contribution is 7.07. The van der Waals surface area contributed by atoms with Gasteiger partial charge in [-0.05, 0) is 12.1 Å². The van der Waals surface area contributed by atoms with Crippen LogP contribution in [0.1, 0.15) is 5.56 Å². The molecule has 1 heterocycles. The first-order valence-corrected chi connectivity index (χ1v) is 10.2. The molecule has 0 spiro atoms. The summed E-state index contributed by atoms with van der Waals surface area (Å²) in [5.41, 5.74) is 2.83. The largest absolute Gasteiger partial charge is 0.493 e. The first-order chi connectivity index (χ1) is 14.7. The third-order valence-corrected chi connectivity index (χ3v) is 5.16. The Balaban J connectivity index is 2.06. The van der Waals surface area contributed by atoms with Crippen molar-refractivity contribution < 1.29 is 18.9 Å². The number of hydrogen-bond acceptors (Lipinski definition) is 7. The average molecular weight is 428 g/mol. The normalized spacial score (nSPS) is 11.8. The zero-order valence-electron chi connectivity index (χ0n) is 17.5. The minimum atomic E-state index is 0.542. The van der Waals surface area contributed by atoms with Gasteiger partial charge in [-0.15, -0.1) is 11.3 Å². The monoisotopic (exact) mass is 427 g/mol. The molecule has 0 aliphatic rings. The van der Waals surface area contributed by atoms with Gasteiger partial charge < -0.3 is 18.9 Å². The van der Waals surface area contributed by atoms with E-state index in [-0.39, 0.29) is 0 Å². The molecule has 0 fully saturated rings. The molecule has 0 unspecified atom stereocenters. The molecule has 0 atom stereocenters. The van der Waals surface area contributed by atoms with E-state index in [1.165, 1.54) is 11.3 Å². The number of thiazole rings is 1. The molecule has 30 heavy (non-hydrogen) atoms. The van der Waals surface area contributed by atoms with Crippen LogP contribution in [-0.2, 0) is 4.74 Å². The van der Waals surface area contributed by atoms with E-state index in [4.69, 9.17) is 24.0 Å². The molecule has 1 aromatic heterocycles. The Morgan fingerprint density at radius 2 is 1.67 bits per heavy atom. The van der Waals surface area contributed by atoms with Crippen LogP contribution in [0.2, 0.25) is 0 Å². The summed E-state index contributed by atoms with van der Waals surface area (Å²) in [5.74, 6) is 1.68. The van der Waals surface area contributed by atoms with Crippen LogP contribution in [0, 0.1) is 0 Å². The smallest absolute Gasteiger partial charge is 0.206 e. The van der Waals surface area contributed by atoms with Crippen molar-refractivity contribution in [3.63, 3.8) is 0 Å². The SMILES string of the molecule is COCCN=c1scc(-c2ccccc2)n1/N=C/c1cc(OC)c(OC)c(OC)c1. The van der Waals surface area contributed by atoms with Crippen LogP contribution in [0.4, 0.5) is 0 Å². The number of rotatable bonds is 9. The Hall–Kier alpha value is -3.10. The van der Waals surface area contributed by atoms with Crippen LogP contribution < -0.4 is 19.0 Å². The van der Waals surface area contributed by atoms with Gasteiger partial charge in [0, 0.05) is 23.6 Å². The van der Waals surface area contributed by atoms with Gasteiger partial charge in [-0.2, -0.15) is 5.10 Å². The molecule has 0 saturated heterocycles. The van der Waals surface area contributed by atoms with E-state index in [9.17, 15) is 0 Å². The van der Waals surface area contributed by atoms with E-state index in [2.05, 4.69) is 4.99 Å². The lowest BCUT2D eigenvalue weighted by molar-refractivity contribution is 0.207. The third-order valence-electron chi connectivity index (χ3n) is 4.31. The fraction of sp³-hybridized carbons (Fsp3) is 0.273. The standard InChI is InChI=1S/C22H25N3O4S/c1-26-11-10-23-22-25(18(15-30-22)17-8-6-5-7-9-17)24-14-16-12-19(27-2)21(29-4)20(13-16)28-3/h5-9,12-15H,10-11H2,1-4H3/b23-22?,24-14+. The summed E-state index contributed by atoms with van der Waals surface area (Å²) < 4.78 is 23.2. The van der Waals surface area contributed by atoms with Crippen LogP contribution in [0.25, 0.3) is 11.3 Å².